The standard InChI is InChI=1S/C30H23F5N2O5/c1-14-36-29(37-42-14)28-22(31)9-15(10-23(28)32)27-20-6-8-24(19(20)5-7-21(27)30(33,34)35)41-17-3-4-18-16(11-26(38)39-2)13-40-25(18)12-17/h3-5,7,9-10,12,16,24H,6,8,11,13H2,1-2H3/t16-,24-/m1/s1. The number of aromatic nitrogens is 2. The van der Waals surface area contributed by atoms with Gasteiger partial charge in [0.25, 0.3) is 0 Å². The first kappa shape index (κ1) is 27.7. The van der Waals surface area contributed by atoms with Gasteiger partial charge in [-0.15, -0.1) is 0 Å². The molecule has 1 aliphatic carbocycles. The molecule has 0 fully saturated rings. The highest BCUT2D eigenvalue weighted by Gasteiger charge is 2.39. The Bertz CT molecular complexity index is 1680. The molecule has 4 aromatic rings. The number of rotatable bonds is 6. The van der Waals surface area contributed by atoms with Crippen molar-refractivity contribution in [2.45, 2.75) is 44.4 Å². The summed E-state index contributed by atoms with van der Waals surface area (Å²) in [6.07, 6.45) is -4.68. The molecule has 42 heavy (non-hydrogen) atoms. The molecule has 0 bridgehead atoms. The molecule has 2 heterocycles. The number of benzene rings is 3. The van der Waals surface area contributed by atoms with Crippen molar-refractivity contribution in [3.8, 4) is 34.0 Å². The van der Waals surface area contributed by atoms with Crippen LogP contribution in [0.5, 0.6) is 11.5 Å². The van der Waals surface area contributed by atoms with E-state index in [2.05, 4.69) is 10.1 Å². The third kappa shape index (κ3) is 4.94. The molecular formula is C30H23F5N2O5. The first-order valence-electron chi connectivity index (χ1n) is 13.1. The summed E-state index contributed by atoms with van der Waals surface area (Å²) in [5, 5.41) is 3.52. The molecule has 12 heteroatoms. The highest BCUT2D eigenvalue weighted by Crippen LogP contribution is 2.47. The van der Waals surface area contributed by atoms with Gasteiger partial charge in [-0.05, 0) is 59.4 Å². The van der Waals surface area contributed by atoms with Crippen LogP contribution in [0.1, 0.15) is 53.0 Å². The molecule has 0 N–H and O–H groups in total. The summed E-state index contributed by atoms with van der Waals surface area (Å²) in [6.45, 7) is 1.75. The molecule has 0 saturated carbocycles. The number of nitrogens with zero attached hydrogens (tertiary/aromatic N) is 2. The van der Waals surface area contributed by atoms with Crippen LogP contribution in [-0.4, -0.2) is 29.8 Å². The molecule has 0 saturated heterocycles. The largest absolute Gasteiger partial charge is 0.492 e. The van der Waals surface area contributed by atoms with E-state index in [9.17, 15) is 18.0 Å². The van der Waals surface area contributed by atoms with E-state index in [0.29, 0.717) is 35.7 Å². The number of hydrogen-bond acceptors (Lipinski definition) is 7. The normalized spacial score (nSPS) is 17.5. The number of aryl methyl sites for hydroxylation is 1. The van der Waals surface area contributed by atoms with Gasteiger partial charge >= 0.3 is 12.1 Å². The van der Waals surface area contributed by atoms with Crippen molar-refractivity contribution in [2.24, 2.45) is 0 Å². The molecule has 0 unspecified atom stereocenters. The molecule has 3 aromatic carbocycles. The summed E-state index contributed by atoms with van der Waals surface area (Å²) in [7, 11) is 1.32. The molecule has 6 rings (SSSR count). The Morgan fingerprint density at radius 2 is 1.79 bits per heavy atom. The van der Waals surface area contributed by atoms with Gasteiger partial charge in [-0.1, -0.05) is 17.3 Å². The van der Waals surface area contributed by atoms with E-state index in [1.165, 1.54) is 20.1 Å². The third-order valence-electron chi connectivity index (χ3n) is 7.52. The molecule has 1 aliphatic heterocycles. The van der Waals surface area contributed by atoms with Gasteiger partial charge in [0.15, 0.2) is 0 Å². The van der Waals surface area contributed by atoms with Gasteiger partial charge in [-0.3, -0.25) is 4.79 Å². The van der Waals surface area contributed by atoms with Crippen LogP contribution >= 0.6 is 0 Å². The van der Waals surface area contributed by atoms with Gasteiger partial charge in [-0.25, -0.2) is 8.78 Å². The SMILES string of the molecule is COC(=O)C[C@@H]1COc2cc(O[C@@H]3CCc4c3ccc(C(F)(F)F)c4-c3cc(F)c(-c4noc(C)n4)c(F)c3)ccc21. The third-order valence-corrected chi connectivity index (χ3v) is 7.52. The topological polar surface area (TPSA) is 83.7 Å². The molecule has 1 aromatic heterocycles. The van der Waals surface area contributed by atoms with Crippen LogP contribution in [0, 0.1) is 18.6 Å². The maximum absolute atomic E-state index is 15.2. The van der Waals surface area contributed by atoms with E-state index in [4.69, 9.17) is 18.7 Å². The summed E-state index contributed by atoms with van der Waals surface area (Å²) in [4.78, 5) is 15.5. The zero-order valence-corrected chi connectivity index (χ0v) is 22.4. The maximum atomic E-state index is 15.2. The lowest BCUT2D eigenvalue weighted by Gasteiger charge is -2.20. The Hall–Kier alpha value is -4.48. The summed E-state index contributed by atoms with van der Waals surface area (Å²) in [5.74, 6) is -2.03. The van der Waals surface area contributed by atoms with Crippen LogP contribution < -0.4 is 9.47 Å². The van der Waals surface area contributed by atoms with E-state index in [1.54, 1.807) is 18.2 Å². The number of ether oxygens (including phenoxy) is 3. The Morgan fingerprint density at radius 1 is 1.05 bits per heavy atom. The average molecular weight is 587 g/mol. The van der Waals surface area contributed by atoms with Crippen LogP contribution in [0.25, 0.3) is 22.5 Å². The Morgan fingerprint density at radius 3 is 2.45 bits per heavy atom. The zero-order valence-electron chi connectivity index (χ0n) is 22.4. The highest BCUT2D eigenvalue weighted by atomic mass is 19.4. The molecule has 2 aliphatic rings. The quantitative estimate of drug-likeness (QED) is 0.176. The van der Waals surface area contributed by atoms with E-state index < -0.39 is 35.0 Å². The van der Waals surface area contributed by atoms with Crippen molar-refractivity contribution >= 4 is 5.97 Å². The summed E-state index contributed by atoms with van der Waals surface area (Å²) in [5.41, 5.74) is -0.546. The molecule has 0 radical (unpaired) electrons. The van der Waals surface area contributed by atoms with E-state index in [-0.39, 0.29) is 47.6 Å². The van der Waals surface area contributed by atoms with Gasteiger partial charge in [0.05, 0.1) is 31.3 Å². The number of alkyl halides is 3. The lowest BCUT2D eigenvalue weighted by atomic mass is 9.90. The van der Waals surface area contributed by atoms with E-state index in [0.717, 1.165) is 23.8 Å². The minimum Gasteiger partial charge on any atom is -0.492 e. The number of methoxy groups -OCH3 is 1. The molecular weight excluding hydrogens is 563 g/mol. The van der Waals surface area contributed by atoms with Gasteiger partial charge in [-0.2, -0.15) is 18.2 Å². The number of hydrogen-bond donors (Lipinski definition) is 0. The van der Waals surface area contributed by atoms with Crippen molar-refractivity contribution in [3.63, 3.8) is 0 Å². The second-order valence-corrected chi connectivity index (χ2v) is 10.1. The molecule has 218 valence electrons. The number of halogens is 5. The van der Waals surface area contributed by atoms with Crippen LogP contribution in [0.4, 0.5) is 22.0 Å². The van der Waals surface area contributed by atoms with Gasteiger partial charge in [0, 0.05) is 24.5 Å². The number of fused-ring (bicyclic) bond motifs is 2. The van der Waals surface area contributed by atoms with E-state index >= 15 is 8.78 Å². The number of carbonyl (C=O) groups is 1. The first-order valence-corrected chi connectivity index (χ1v) is 13.1. The number of carbonyl (C=O) groups excluding carboxylic acids is 1. The average Bonchev–Trinajstić information content (AvgIpc) is 3.66. The Balaban J connectivity index is 1.34. The predicted molar refractivity (Wildman–Crippen MR) is 138 cm³/mol. The fourth-order valence-corrected chi connectivity index (χ4v) is 5.63. The van der Waals surface area contributed by atoms with Crippen LogP contribution in [0.2, 0.25) is 0 Å². The van der Waals surface area contributed by atoms with Crippen molar-refractivity contribution < 1.29 is 45.5 Å². The molecule has 7 nitrogen and oxygen atoms in total. The van der Waals surface area contributed by atoms with Crippen LogP contribution in [-0.2, 0) is 22.1 Å². The summed E-state index contributed by atoms with van der Waals surface area (Å²) >= 11 is 0. The van der Waals surface area contributed by atoms with Gasteiger partial charge < -0.3 is 18.7 Å². The van der Waals surface area contributed by atoms with Crippen LogP contribution in [0.3, 0.4) is 0 Å². The monoisotopic (exact) mass is 586 g/mol. The van der Waals surface area contributed by atoms with Gasteiger partial charge in [0.2, 0.25) is 11.7 Å². The van der Waals surface area contributed by atoms with Crippen LogP contribution in [0.15, 0.2) is 47.0 Å². The second-order valence-electron chi connectivity index (χ2n) is 10.1. The van der Waals surface area contributed by atoms with Crippen molar-refractivity contribution in [1.82, 2.24) is 10.1 Å². The first-order chi connectivity index (χ1) is 20.0. The van der Waals surface area contributed by atoms with E-state index in [1.807, 2.05) is 0 Å². The summed E-state index contributed by atoms with van der Waals surface area (Å²) in [6, 6.07) is 9.14. The van der Waals surface area contributed by atoms with Crippen molar-refractivity contribution in [2.75, 3.05) is 13.7 Å². The minimum absolute atomic E-state index is 0.0788. The molecule has 0 amide bonds. The van der Waals surface area contributed by atoms with Crippen molar-refractivity contribution in [1.29, 1.82) is 0 Å². The highest BCUT2D eigenvalue weighted by molar-refractivity contribution is 5.76. The lowest BCUT2D eigenvalue weighted by molar-refractivity contribution is -0.141. The lowest BCUT2D eigenvalue weighted by Crippen LogP contribution is -2.11. The maximum Gasteiger partial charge on any atom is 0.417 e. The summed E-state index contributed by atoms with van der Waals surface area (Å²) < 4.78 is 94.2. The predicted octanol–water partition coefficient (Wildman–Crippen LogP) is 7.11. The smallest absolute Gasteiger partial charge is 0.417 e. The number of esters is 1. The van der Waals surface area contributed by atoms with Gasteiger partial charge in [0.1, 0.15) is 29.2 Å². The Labute approximate surface area is 236 Å². The minimum atomic E-state index is -4.78. The fourth-order valence-electron chi connectivity index (χ4n) is 5.63. The molecule has 0 spiro atoms. The Kier molecular flexibility index (Phi) is 6.86. The van der Waals surface area contributed by atoms with Crippen molar-refractivity contribution in [3.05, 3.63) is 82.2 Å². The molecule has 2 atom stereocenters. The fraction of sp³-hybridized carbons (Fsp3) is 0.300. The second kappa shape index (κ2) is 10.4. The zero-order chi connectivity index (χ0) is 29.8.